The van der Waals surface area contributed by atoms with Crippen molar-refractivity contribution in [2.45, 2.75) is 13.3 Å². The van der Waals surface area contributed by atoms with Gasteiger partial charge in [0.2, 0.25) is 5.91 Å². The smallest absolute Gasteiger partial charge is 0.251 e. The maximum atomic E-state index is 12.0. The fourth-order valence-corrected chi connectivity index (χ4v) is 1.92. The highest BCUT2D eigenvalue weighted by Gasteiger charge is 2.11. The molecule has 21 heavy (non-hydrogen) atoms. The van der Waals surface area contributed by atoms with Crippen molar-refractivity contribution in [2.24, 2.45) is 0 Å². The zero-order chi connectivity index (χ0) is 15.7. The number of aryl methyl sites for hydroxylation is 1. The Hall–Kier alpha value is -2.36. The van der Waals surface area contributed by atoms with E-state index in [0.29, 0.717) is 25.2 Å². The predicted molar refractivity (Wildman–Crippen MR) is 85.1 cm³/mol. The Bertz CT molecular complexity index is 513. The van der Waals surface area contributed by atoms with Crippen LogP contribution in [0.1, 0.15) is 22.3 Å². The number of carbonyl (C=O) groups is 2. The first-order valence-electron chi connectivity index (χ1n) is 6.93. The number of rotatable bonds is 8. The van der Waals surface area contributed by atoms with E-state index >= 15 is 0 Å². The Morgan fingerprint density at radius 3 is 2.48 bits per heavy atom. The Balaban J connectivity index is 2.45. The minimum absolute atomic E-state index is 0.0284. The summed E-state index contributed by atoms with van der Waals surface area (Å²) in [4.78, 5) is 25.5. The Morgan fingerprint density at radius 2 is 1.90 bits per heavy atom. The second-order valence-electron chi connectivity index (χ2n) is 4.75. The molecule has 112 valence electrons. The van der Waals surface area contributed by atoms with Crippen molar-refractivity contribution in [3.63, 3.8) is 0 Å². The van der Waals surface area contributed by atoms with Gasteiger partial charge in [-0.2, -0.15) is 0 Å². The number of amides is 2. The number of hydrogen-bond acceptors (Lipinski definition) is 2. The van der Waals surface area contributed by atoms with Gasteiger partial charge in [-0.3, -0.25) is 9.59 Å². The summed E-state index contributed by atoms with van der Waals surface area (Å²) in [6.07, 6.45) is 3.61. The summed E-state index contributed by atoms with van der Waals surface area (Å²) >= 11 is 0. The second kappa shape index (κ2) is 8.74. The first-order valence-corrected chi connectivity index (χ1v) is 6.93. The lowest BCUT2D eigenvalue weighted by Gasteiger charge is -2.19. The summed E-state index contributed by atoms with van der Waals surface area (Å²) in [5.41, 5.74) is 1.64. The minimum Gasteiger partial charge on any atom is -0.352 e. The highest BCUT2D eigenvalue weighted by Crippen LogP contribution is 2.03. The number of nitrogens with one attached hydrogen (secondary N) is 1. The van der Waals surface area contributed by atoms with Crippen LogP contribution in [-0.2, 0) is 4.79 Å². The molecule has 0 saturated heterocycles. The summed E-state index contributed by atoms with van der Waals surface area (Å²) in [7, 11) is 0. The van der Waals surface area contributed by atoms with Gasteiger partial charge in [-0.05, 0) is 19.1 Å². The molecule has 1 rings (SSSR count). The van der Waals surface area contributed by atoms with E-state index < -0.39 is 0 Å². The number of nitrogens with zero attached hydrogens (tertiary/aromatic N) is 1. The van der Waals surface area contributed by atoms with Crippen LogP contribution in [0.15, 0.2) is 49.6 Å². The van der Waals surface area contributed by atoms with Gasteiger partial charge in [-0.25, -0.2) is 0 Å². The molecule has 0 atom stereocenters. The summed E-state index contributed by atoms with van der Waals surface area (Å²) < 4.78 is 0. The van der Waals surface area contributed by atoms with Crippen molar-refractivity contribution >= 4 is 11.8 Å². The predicted octanol–water partition coefficient (Wildman–Crippen LogP) is 2.32. The van der Waals surface area contributed by atoms with E-state index in [1.807, 2.05) is 25.1 Å². The van der Waals surface area contributed by atoms with Gasteiger partial charge in [-0.15, -0.1) is 13.2 Å². The SMILES string of the molecule is C=CCN(CC=C)C(=O)CCNC(=O)c1cccc(C)c1. The summed E-state index contributed by atoms with van der Waals surface area (Å²) in [6, 6.07) is 7.35. The van der Waals surface area contributed by atoms with Crippen molar-refractivity contribution < 1.29 is 9.59 Å². The monoisotopic (exact) mass is 286 g/mol. The van der Waals surface area contributed by atoms with Crippen LogP contribution in [0.25, 0.3) is 0 Å². The van der Waals surface area contributed by atoms with Gasteiger partial charge >= 0.3 is 0 Å². The molecule has 4 nitrogen and oxygen atoms in total. The topological polar surface area (TPSA) is 49.4 Å². The molecule has 0 spiro atoms. The molecule has 0 saturated carbocycles. The lowest BCUT2D eigenvalue weighted by atomic mass is 10.1. The Kier molecular flexibility index (Phi) is 6.95. The normalized spacial score (nSPS) is 9.76. The van der Waals surface area contributed by atoms with Gasteiger partial charge in [-0.1, -0.05) is 29.8 Å². The molecule has 1 N–H and O–H groups in total. The molecule has 0 aliphatic rings. The molecule has 0 aliphatic carbocycles. The molecule has 2 amide bonds. The van der Waals surface area contributed by atoms with Gasteiger partial charge in [0.1, 0.15) is 0 Å². The molecular formula is C17H22N2O2. The van der Waals surface area contributed by atoms with Crippen LogP contribution in [0.3, 0.4) is 0 Å². The van der Waals surface area contributed by atoms with E-state index in [1.165, 1.54) is 0 Å². The number of hydrogen-bond donors (Lipinski definition) is 1. The standard InChI is InChI=1S/C17H22N2O2/c1-4-11-19(12-5-2)16(20)9-10-18-17(21)15-8-6-7-14(3)13-15/h4-8,13H,1-2,9-12H2,3H3,(H,18,21). The third kappa shape index (κ3) is 5.65. The third-order valence-corrected chi connectivity index (χ3v) is 2.96. The van der Waals surface area contributed by atoms with Crippen molar-refractivity contribution in [1.29, 1.82) is 0 Å². The molecule has 0 aromatic heterocycles. The Morgan fingerprint density at radius 1 is 1.24 bits per heavy atom. The first-order chi connectivity index (χ1) is 10.1. The summed E-state index contributed by atoms with van der Waals surface area (Å²) in [5.74, 6) is -0.190. The second-order valence-corrected chi connectivity index (χ2v) is 4.75. The minimum atomic E-state index is -0.162. The van der Waals surface area contributed by atoms with Crippen molar-refractivity contribution in [1.82, 2.24) is 10.2 Å². The lowest BCUT2D eigenvalue weighted by Crippen LogP contribution is -2.34. The zero-order valence-electron chi connectivity index (χ0n) is 12.5. The van der Waals surface area contributed by atoms with E-state index in [2.05, 4.69) is 18.5 Å². The molecule has 0 heterocycles. The van der Waals surface area contributed by atoms with Crippen LogP contribution in [0.4, 0.5) is 0 Å². The molecule has 1 aromatic carbocycles. The van der Waals surface area contributed by atoms with Crippen LogP contribution < -0.4 is 5.32 Å². The molecular weight excluding hydrogens is 264 g/mol. The Labute approximate surface area is 126 Å². The van der Waals surface area contributed by atoms with Gasteiger partial charge in [0, 0.05) is 31.6 Å². The summed E-state index contributed by atoms with van der Waals surface area (Å²) in [5, 5.41) is 2.76. The summed E-state index contributed by atoms with van der Waals surface area (Å²) in [6.45, 7) is 10.5. The van der Waals surface area contributed by atoms with Gasteiger partial charge in [0.05, 0.1) is 0 Å². The van der Waals surface area contributed by atoms with Crippen LogP contribution >= 0.6 is 0 Å². The van der Waals surface area contributed by atoms with E-state index in [4.69, 9.17) is 0 Å². The van der Waals surface area contributed by atoms with Crippen LogP contribution in [-0.4, -0.2) is 36.3 Å². The average molecular weight is 286 g/mol. The first kappa shape index (κ1) is 16.7. The molecule has 0 fully saturated rings. The molecule has 0 aliphatic heterocycles. The van der Waals surface area contributed by atoms with Crippen LogP contribution in [0.5, 0.6) is 0 Å². The molecule has 1 aromatic rings. The highest BCUT2D eigenvalue weighted by molar-refractivity contribution is 5.94. The highest BCUT2D eigenvalue weighted by atomic mass is 16.2. The molecule has 0 bridgehead atoms. The molecule has 0 unspecified atom stereocenters. The van der Waals surface area contributed by atoms with E-state index in [-0.39, 0.29) is 18.2 Å². The van der Waals surface area contributed by atoms with E-state index in [9.17, 15) is 9.59 Å². The number of benzene rings is 1. The van der Waals surface area contributed by atoms with E-state index in [1.54, 1.807) is 23.1 Å². The molecule has 4 heteroatoms. The third-order valence-electron chi connectivity index (χ3n) is 2.96. The maximum absolute atomic E-state index is 12.0. The fourth-order valence-electron chi connectivity index (χ4n) is 1.92. The fraction of sp³-hybridized carbons (Fsp3) is 0.294. The van der Waals surface area contributed by atoms with Gasteiger partial charge in [0.15, 0.2) is 0 Å². The maximum Gasteiger partial charge on any atom is 0.251 e. The van der Waals surface area contributed by atoms with Crippen molar-refractivity contribution in [3.05, 3.63) is 60.7 Å². The van der Waals surface area contributed by atoms with Crippen LogP contribution in [0.2, 0.25) is 0 Å². The van der Waals surface area contributed by atoms with Gasteiger partial charge in [0.25, 0.3) is 5.91 Å². The van der Waals surface area contributed by atoms with Crippen molar-refractivity contribution in [3.8, 4) is 0 Å². The molecule has 0 radical (unpaired) electrons. The van der Waals surface area contributed by atoms with E-state index in [0.717, 1.165) is 5.56 Å². The lowest BCUT2D eigenvalue weighted by molar-refractivity contribution is -0.130. The van der Waals surface area contributed by atoms with Crippen molar-refractivity contribution in [2.75, 3.05) is 19.6 Å². The largest absolute Gasteiger partial charge is 0.352 e. The number of carbonyl (C=O) groups excluding carboxylic acids is 2. The van der Waals surface area contributed by atoms with Gasteiger partial charge < -0.3 is 10.2 Å². The zero-order valence-corrected chi connectivity index (χ0v) is 12.5. The van der Waals surface area contributed by atoms with Crippen LogP contribution in [0, 0.1) is 6.92 Å². The quantitative estimate of drug-likeness (QED) is 0.746. The average Bonchev–Trinajstić information content (AvgIpc) is 2.46.